The normalized spacial score (nSPS) is 12.2. The lowest BCUT2D eigenvalue weighted by atomic mass is 10.1. The van der Waals surface area contributed by atoms with Gasteiger partial charge in [0.15, 0.2) is 0 Å². The van der Waals surface area contributed by atoms with Crippen molar-refractivity contribution >= 4 is 21.8 Å². The topological polar surface area (TPSA) is 42.2 Å². The first-order chi connectivity index (χ1) is 8.99. The molecule has 1 aromatic carbocycles. The van der Waals surface area contributed by atoms with E-state index in [4.69, 9.17) is 4.42 Å². The summed E-state index contributed by atoms with van der Waals surface area (Å²) in [6.45, 7) is 5.76. The van der Waals surface area contributed by atoms with Crippen molar-refractivity contribution in [3.8, 4) is 0 Å². The van der Waals surface area contributed by atoms with Crippen molar-refractivity contribution in [3.63, 3.8) is 0 Å². The van der Waals surface area contributed by atoms with Gasteiger partial charge in [0.05, 0.1) is 11.6 Å². The minimum atomic E-state index is -0.0989. The fourth-order valence-corrected chi connectivity index (χ4v) is 2.54. The van der Waals surface area contributed by atoms with Crippen LogP contribution in [0.5, 0.6) is 0 Å². The monoisotopic (exact) mass is 321 g/mol. The Kier molecular flexibility index (Phi) is 4.10. The minimum Gasteiger partial charge on any atom is -0.466 e. The van der Waals surface area contributed by atoms with Gasteiger partial charge in [0, 0.05) is 10.0 Å². The third kappa shape index (κ3) is 3.07. The molecule has 2 aromatic rings. The van der Waals surface area contributed by atoms with Gasteiger partial charge in [0.2, 0.25) is 0 Å². The highest BCUT2D eigenvalue weighted by atomic mass is 79.9. The van der Waals surface area contributed by atoms with Gasteiger partial charge in [-0.1, -0.05) is 12.1 Å². The summed E-state index contributed by atoms with van der Waals surface area (Å²) in [5, 5.41) is 2.98. The zero-order valence-corrected chi connectivity index (χ0v) is 12.7. The number of carbonyl (C=O) groups is 1. The van der Waals surface area contributed by atoms with Gasteiger partial charge in [-0.3, -0.25) is 4.79 Å². The van der Waals surface area contributed by atoms with Crippen LogP contribution >= 0.6 is 15.9 Å². The van der Waals surface area contributed by atoms with Crippen molar-refractivity contribution in [3.05, 3.63) is 57.5 Å². The molecule has 1 aromatic heterocycles. The summed E-state index contributed by atoms with van der Waals surface area (Å²) in [5.74, 6) is 1.60. The van der Waals surface area contributed by atoms with Crippen molar-refractivity contribution in [2.45, 2.75) is 26.8 Å². The van der Waals surface area contributed by atoms with Crippen LogP contribution in [0.15, 0.2) is 39.2 Å². The van der Waals surface area contributed by atoms with Gasteiger partial charge >= 0.3 is 0 Å². The average molecular weight is 322 g/mol. The molecule has 0 bridgehead atoms. The highest BCUT2D eigenvalue weighted by molar-refractivity contribution is 9.10. The zero-order valence-electron chi connectivity index (χ0n) is 11.2. The molecule has 4 heteroatoms. The first-order valence-electron chi connectivity index (χ1n) is 6.11. The van der Waals surface area contributed by atoms with Gasteiger partial charge in [-0.2, -0.15) is 0 Å². The van der Waals surface area contributed by atoms with Crippen LogP contribution < -0.4 is 5.32 Å². The van der Waals surface area contributed by atoms with E-state index in [1.807, 2.05) is 45.0 Å². The van der Waals surface area contributed by atoms with Crippen molar-refractivity contribution < 1.29 is 9.21 Å². The van der Waals surface area contributed by atoms with E-state index in [9.17, 15) is 4.79 Å². The highest BCUT2D eigenvalue weighted by Gasteiger charge is 2.17. The fraction of sp³-hybridized carbons (Fsp3) is 0.267. The third-order valence-corrected chi connectivity index (χ3v) is 3.70. The Hall–Kier alpha value is -1.55. The lowest BCUT2D eigenvalue weighted by molar-refractivity contribution is 0.0939. The maximum Gasteiger partial charge on any atom is 0.252 e. The molecule has 2 rings (SSSR count). The number of halogens is 1. The van der Waals surface area contributed by atoms with Crippen LogP contribution in [0, 0.1) is 13.8 Å². The second kappa shape index (κ2) is 5.61. The third-order valence-electron chi connectivity index (χ3n) is 3.01. The van der Waals surface area contributed by atoms with E-state index >= 15 is 0 Å². The molecule has 1 heterocycles. The predicted molar refractivity (Wildman–Crippen MR) is 78.2 cm³/mol. The summed E-state index contributed by atoms with van der Waals surface area (Å²) in [7, 11) is 0. The van der Waals surface area contributed by atoms with E-state index < -0.39 is 0 Å². The second-order valence-corrected chi connectivity index (χ2v) is 5.40. The Balaban J connectivity index is 2.15. The highest BCUT2D eigenvalue weighted by Crippen LogP contribution is 2.22. The van der Waals surface area contributed by atoms with E-state index in [0.29, 0.717) is 5.56 Å². The number of amides is 1. The van der Waals surface area contributed by atoms with Crippen LogP contribution in [0.4, 0.5) is 0 Å². The van der Waals surface area contributed by atoms with Crippen LogP contribution in [0.25, 0.3) is 0 Å². The molecular weight excluding hydrogens is 306 g/mol. The maximum atomic E-state index is 12.2. The first-order valence-corrected chi connectivity index (χ1v) is 6.90. The zero-order chi connectivity index (χ0) is 14.0. The lowest BCUT2D eigenvalue weighted by Gasteiger charge is -2.14. The largest absolute Gasteiger partial charge is 0.466 e. The molecule has 0 fully saturated rings. The van der Waals surface area contributed by atoms with Gasteiger partial charge < -0.3 is 9.73 Å². The quantitative estimate of drug-likeness (QED) is 0.922. The Morgan fingerprint density at radius 2 is 2.00 bits per heavy atom. The van der Waals surface area contributed by atoms with E-state index in [0.717, 1.165) is 21.6 Å². The van der Waals surface area contributed by atoms with Crippen molar-refractivity contribution in [1.29, 1.82) is 0 Å². The van der Waals surface area contributed by atoms with E-state index in [1.54, 1.807) is 6.07 Å². The molecule has 0 radical (unpaired) electrons. The Morgan fingerprint density at radius 1 is 1.32 bits per heavy atom. The molecule has 100 valence electrons. The summed E-state index contributed by atoms with van der Waals surface area (Å²) < 4.78 is 6.28. The lowest BCUT2D eigenvalue weighted by Crippen LogP contribution is -2.27. The molecule has 0 aliphatic carbocycles. The summed E-state index contributed by atoms with van der Waals surface area (Å²) in [4.78, 5) is 12.2. The van der Waals surface area contributed by atoms with E-state index in [-0.39, 0.29) is 11.9 Å². The van der Waals surface area contributed by atoms with Crippen molar-refractivity contribution in [2.75, 3.05) is 0 Å². The molecule has 1 N–H and O–H groups in total. The summed E-state index contributed by atoms with van der Waals surface area (Å²) in [6, 6.07) is 9.25. The van der Waals surface area contributed by atoms with Crippen molar-refractivity contribution in [1.82, 2.24) is 5.32 Å². The maximum absolute atomic E-state index is 12.2. The number of benzene rings is 1. The smallest absolute Gasteiger partial charge is 0.252 e. The molecule has 1 amide bonds. The first kappa shape index (κ1) is 13.9. The molecule has 0 aliphatic heterocycles. The average Bonchev–Trinajstić information content (AvgIpc) is 2.69. The Morgan fingerprint density at radius 3 is 2.58 bits per heavy atom. The predicted octanol–water partition coefficient (Wildman–Crippen LogP) is 4.15. The van der Waals surface area contributed by atoms with Crippen molar-refractivity contribution in [2.24, 2.45) is 0 Å². The van der Waals surface area contributed by atoms with Crippen LogP contribution in [0.2, 0.25) is 0 Å². The summed E-state index contributed by atoms with van der Waals surface area (Å²) in [6.07, 6.45) is 0. The second-order valence-electron chi connectivity index (χ2n) is 4.54. The van der Waals surface area contributed by atoms with Gasteiger partial charge in [-0.05, 0) is 54.9 Å². The van der Waals surface area contributed by atoms with Crippen LogP contribution in [0.3, 0.4) is 0 Å². The minimum absolute atomic E-state index is 0.0861. The number of aryl methyl sites for hydroxylation is 2. The Bertz CT molecular complexity index is 604. The number of nitrogens with one attached hydrogen (secondary N) is 1. The SMILES string of the molecule is Cc1cc(C(C)NC(=O)c2ccccc2Br)c(C)o1. The molecule has 3 nitrogen and oxygen atoms in total. The number of rotatable bonds is 3. The molecule has 0 spiro atoms. The number of hydrogen-bond donors (Lipinski definition) is 1. The summed E-state index contributed by atoms with van der Waals surface area (Å²) >= 11 is 3.38. The summed E-state index contributed by atoms with van der Waals surface area (Å²) in [5.41, 5.74) is 1.64. The Labute approximate surface area is 121 Å². The molecule has 19 heavy (non-hydrogen) atoms. The molecule has 1 unspecified atom stereocenters. The van der Waals surface area contributed by atoms with Gasteiger partial charge in [0.25, 0.3) is 5.91 Å². The van der Waals surface area contributed by atoms with Gasteiger partial charge in [-0.15, -0.1) is 0 Å². The van der Waals surface area contributed by atoms with E-state index in [1.165, 1.54) is 0 Å². The van der Waals surface area contributed by atoms with Crippen LogP contribution in [-0.2, 0) is 0 Å². The standard InChI is InChI=1S/C15H16BrNO2/c1-9-8-13(11(3)19-9)10(2)17-15(18)12-6-4-5-7-14(12)16/h4-8,10H,1-3H3,(H,17,18). The molecule has 0 aliphatic rings. The van der Waals surface area contributed by atoms with Gasteiger partial charge in [-0.25, -0.2) is 0 Å². The molecule has 0 saturated heterocycles. The number of hydrogen-bond acceptors (Lipinski definition) is 2. The molecule has 0 saturated carbocycles. The molecular formula is C15H16BrNO2. The molecule has 1 atom stereocenters. The number of furan rings is 1. The fourth-order valence-electron chi connectivity index (χ4n) is 2.08. The number of carbonyl (C=O) groups excluding carboxylic acids is 1. The van der Waals surface area contributed by atoms with Crippen LogP contribution in [0.1, 0.15) is 40.4 Å². The van der Waals surface area contributed by atoms with Gasteiger partial charge in [0.1, 0.15) is 11.5 Å². The van der Waals surface area contributed by atoms with Crippen LogP contribution in [-0.4, -0.2) is 5.91 Å². The van der Waals surface area contributed by atoms with E-state index in [2.05, 4.69) is 21.2 Å².